The molecule has 0 aliphatic heterocycles. The minimum Gasteiger partial charge on any atom is -0.462 e. The van der Waals surface area contributed by atoms with Crippen LogP contribution in [-0.4, -0.2) is 37.2 Å². The number of carbonyl (C=O) groups excluding carboxylic acids is 3. The molecule has 0 aliphatic rings. The van der Waals surface area contributed by atoms with Crippen LogP contribution in [0.25, 0.3) is 0 Å². The molecule has 0 aromatic heterocycles. The highest BCUT2D eigenvalue weighted by Gasteiger charge is 2.19. The van der Waals surface area contributed by atoms with E-state index >= 15 is 0 Å². The second-order valence-corrected chi connectivity index (χ2v) is 15.6. The first kappa shape index (κ1) is 54.9. The molecule has 0 radical (unpaired) electrons. The van der Waals surface area contributed by atoms with Gasteiger partial charge in [0.25, 0.3) is 0 Å². The molecule has 58 heavy (non-hydrogen) atoms. The molecule has 1 unspecified atom stereocenters. The Hall–Kier alpha value is -3.15. The van der Waals surface area contributed by atoms with Crippen LogP contribution >= 0.6 is 0 Å². The number of unbranched alkanes of at least 4 members (excludes halogenated alkanes) is 20. The van der Waals surface area contributed by atoms with Gasteiger partial charge in [-0.25, -0.2) is 0 Å². The van der Waals surface area contributed by atoms with Crippen LogP contribution in [0.15, 0.2) is 72.9 Å². The lowest BCUT2D eigenvalue weighted by atomic mass is 10.1. The minimum absolute atomic E-state index is 0.111. The van der Waals surface area contributed by atoms with E-state index in [1.165, 1.54) is 89.9 Å². The molecular weight excluding hydrogens is 721 g/mol. The Kier molecular flexibility index (Phi) is 44.0. The zero-order valence-corrected chi connectivity index (χ0v) is 37.8. The Morgan fingerprint density at radius 2 is 0.741 bits per heavy atom. The van der Waals surface area contributed by atoms with Crippen molar-refractivity contribution in [1.82, 2.24) is 0 Å². The molecule has 0 saturated heterocycles. The van der Waals surface area contributed by atoms with E-state index in [2.05, 4.69) is 81.5 Å². The van der Waals surface area contributed by atoms with E-state index in [0.29, 0.717) is 12.8 Å². The largest absolute Gasteiger partial charge is 0.462 e. The summed E-state index contributed by atoms with van der Waals surface area (Å²) in [5.74, 6) is -1.06. The van der Waals surface area contributed by atoms with Crippen LogP contribution in [0.2, 0.25) is 0 Å². The quantitative estimate of drug-likeness (QED) is 0.0264. The lowest BCUT2D eigenvalue weighted by molar-refractivity contribution is -0.166. The maximum Gasteiger partial charge on any atom is 0.309 e. The van der Waals surface area contributed by atoms with Crippen molar-refractivity contribution in [2.24, 2.45) is 0 Å². The molecule has 6 nitrogen and oxygen atoms in total. The van der Waals surface area contributed by atoms with Crippen molar-refractivity contribution in [2.45, 2.75) is 226 Å². The van der Waals surface area contributed by atoms with Crippen LogP contribution < -0.4 is 0 Å². The third kappa shape index (κ3) is 44.0. The first-order valence-electron chi connectivity index (χ1n) is 23.9. The fraction of sp³-hybridized carbons (Fsp3) is 0.712. The van der Waals surface area contributed by atoms with Gasteiger partial charge in [0.1, 0.15) is 13.2 Å². The first-order chi connectivity index (χ1) is 28.5. The molecule has 6 heteroatoms. The van der Waals surface area contributed by atoms with Gasteiger partial charge in [0.05, 0.1) is 6.42 Å². The molecule has 0 aromatic rings. The van der Waals surface area contributed by atoms with Crippen molar-refractivity contribution < 1.29 is 28.6 Å². The molecule has 0 saturated carbocycles. The van der Waals surface area contributed by atoms with Crippen LogP contribution in [0.5, 0.6) is 0 Å². The van der Waals surface area contributed by atoms with Gasteiger partial charge in [0, 0.05) is 12.8 Å². The van der Waals surface area contributed by atoms with Gasteiger partial charge in [-0.05, 0) is 83.5 Å². The average molecular weight is 809 g/mol. The van der Waals surface area contributed by atoms with Crippen molar-refractivity contribution >= 4 is 17.9 Å². The van der Waals surface area contributed by atoms with Gasteiger partial charge in [-0.15, -0.1) is 0 Å². The highest BCUT2D eigenvalue weighted by atomic mass is 16.6. The maximum atomic E-state index is 12.7. The highest BCUT2D eigenvalue weighted by Crippen LogP contribution is 2.14. The Labute approximate surface area is 357 Å². The highest BCUT2D eigenvalue weighted by molar-refractivity contribution is 5.72. The van der Waals surface area contributed by atoms with Gasteiger partial charge < -0.3 is 14.2 Å². The lowest BCUT2D eigenvalue weighted by Crippen LogP contribution is -2.30. The van der Waals surface area contributed by atoms with E-state index in [4.69, 9.17) is 14.2 Å². The van der Waals surface area contributed by atoms with Crippen molar-refractivity contribution in [3.63, 3.8) is 0 Å². The SMILES string of the molecule is CC/C=C\C/C=C\C/C=C\CC(=O)OCC(COC(=O)CCCCCCCCC/C=C\CCCCCCCCCC)OC(=O)CCCCCCC/C=C\C/C=C\CC. The molecule has 0 spiro atoms. The molecular formula is C52H88O6. The topological polar surface area (TPSA) is 78.9 Å². The maximum absolute atomic E-state index is 12.7. The van der Waals surface area contributed by atoms with Crippen LogP contribution in [0.1, 0.15) is 220 Å². The second-order valence-electron chi connectivity index (χ2n) is 15.6. The smallest absolute Gasteiger partial charge is 0.309 e. The molecule has 0 bridgehead atoms. The fourth-order valence-corrected chi connectivity index (χ4v) is 6.42. The summed E-state index contributed by atoms with van der Waals surface area (Å²) in [7, 11) is 0. The van der Waals surface area contributed by atoms with E-state index in [0.717, 1.165) is 89.9 Å². The number of allylic oxidation sites excluding steroid dienone is 11. The van der Waals surface area contributed by atoms with Gasteiger partial charge in [0.2, 0.25) is 0 Å². The number of ether oxygens (including phenoxy) is 3. The molecule has 0 heterocycles. The third-order valence-electron chi connectivity index (χ3n) is 9.96. The van der Waals surface area contributed by atoms with E-state index < -0.39 is 12.1 Å². The molecule has 0 rings (SSSR count). The molecule has 0 N–H and O–H groups in total. The predicted octanol–water partition coefficient (Wildman–Crippen LogP) is 15.5. The van der Waals surface area contributed by atoms with E-state index in [1.807, 2.05) is 6.08 Å². The molecule has 0 aliphatic carbocycles. The number of hydrogen-bond donors (Lipinski definition) is 0. The lowest BCUT2D eigenvalue weighted by Gasteiger charge is -2.18. The zero-order valence-electron chi connectivity index (χ0n) is 37.8. The molecule has 332 valence electrons. The Morgan fingerprint density at radius 1 is 0.379 bits per heavy atom. The van der Waals surface area contributed by atoms with Gasteiger partial charge in [-0.3, -0.25) is 14.4 Å². The van der Waals surface area contributed by atoms with Gasteiger partial charge >= 0.3 is 17.9 Å². The summed E-state index contributed by atoms with van der Waals surface area (Å²) in [5, 5.41) is 0. The van der Waals surface area contributed by atoms with Crippen LogP contribution in [0.3, 0.4) is 0 Å². The summed E-state index contributed by atoms with van der Waals surface area (Å²) in [6.45, 7) is 6.29. The average Bonchev–Trinajstić information content (AvgIpc) is 3.22. The fourth-order valence-electron chi connectivity index (χ4n) is 6.42. The van der Waals surface area contributed by atoms with Gasteiger partial charge in [-0.2, -0.15) is 0 Å². The Bertz CT molecular complexity index is 1110. The Morgan fingerprint density at radius 3 is 1.22 bits per heavy atom. The van der Waals surface area contributed by atoms with Crippen molar-refractivity contribution in [1.29, 1.82) is 0 Å². The summed E-state index contributed by atoms with van der Waals surface area (Å²) in [6.07, 6.45) is 57.9. The third-order valence-corrected chi connectivity index (χ3v) is 9.96. The van der Waals surface area contributed by atoms with Crippen LogP contribution in [0, 0.1) is 0 Å². The van der Waals surface area contributed by atoms with Crippen molar-refractivity contribution in [2.75, 3.05) is 13.2 Å². The first-order valence-corrected chi connectivity index (χ1v) is 23.9. The van der Waals surface area contributed by atoms with E-state index in [9.17, 15) is 14.4 Å². The monoisotopic (exact) mass is 809 g/mol. The Balaban J connectivity index is 4.36. The number of rotatable bonds is 42. The molecule has 1 atom stereocenters. The van der Waals surface area contributed by atoms with Gasteiger partial charge in [-0.1, -0.05) is 190 Å². The predicted molar refractivity (Wildman–Crippen MR) is 247 cm³/mol. The van der Waals surface area contributed by atoms with E-state index in [-0.39, 0.29) is 31.6 Å². The summed E-state index contributed by atoms with van der Waals surface area (Å²) in [5.41, 5.74) is 0. The summed E-state index contributed by atoms with van der Waals surface area (Å²) in [4.78, 5) is 37.7. The number of hydrogen-bond acceptors (Lipinski definition) is 6. The standard InChI is InChI=1S/C52H88O6/c1-4-7-10-13-16-19-21-23-24-25-26-27-28-29-31-33-36-39-42-45-51(54)57-48-49(47-56-50(53)44-41-38-35-32-18-15-12-9-6-3)58-52(55)46-43-40-37-34-30-22-20-17-14-11-8-5-2/h8-9,11-12,17-18,20,25-26,32,38,41,49H,4-7,10,13-16,19,21-24,27-31,33-37,39-40,42-48H2,1-3H3/b11-8-,12-9-,20-17-,26-25-,32-18-,41-38-. The number of carbonyl (C=O) groups is 3. The zero-order chi connectivity index (χ0) is 42.3. The normalized spacial score (nSPS) is 12.7. The molecule has 0 fully saturated rings. The molecule has 0 aromatic carbocycles. The van der Waals surface area contributed by atoms with Crippen LogP contribution in [-0.2, 0) is 28.6 Å². The summed E-state index contributed by atoms with van der Waals surface area (Å²) in [6, 6.07) is 0. The summed E-state index contributed by atoms with van der Waals surface area (Å²) >= 11 is 0. The van der Waals surface area contributed by atoms with Crippen molar-refractivity contribution in [3.8, 4) is 0 Å². The second kappa shape index (κ2) is 46.5. The summed E-state index contributed by atoms with van der Waals surface area (Å²) < 4.78 is 16.6. The van der Waals surface area contributed by atoms with Gasteiger partial charge in [0.15, 0.2) is 6.10 Å². The van der Waals surface area contributed by atoms with Crippen LogP contribution in [0.4, 0.5) is 0 Å². The number of esters is 3. The van der Waals surface area contributed by atoms with Crippen molar-refractivity contribution in [3.05, 3.63) is 72.9 Å². The molecule has 0 amide bonds. The minimum atomic E-state index is -0.817. The van der Waals surface area contributed by atoms with E-state index in [1.54, 1.807) is 6.08 Å².